The third-order valence-electron chi connectivity index (χ3n) is 4.84. The fraction of sp³-hybridized carbons (Fsp3) is 0.263. The number of H-pyrrole nitrogens is 3. The first kappa shape index (κ1) is 17.8. The van der Waals surface area contributed by atoms with Gasteiger partial charge in [-0.25, -0.2) is 9.78 Å². The monoisotopic (exact) mass is 381 g/mol. The zero-order valence-corrected chi connectivity index (χ0v) is 15.2. The van der Waals surface area contributed by atoms with E-state index in [1.54, 1.807) is 7.11 Å². The van der Waals surface area contributed by atoms with Crippen LogP contribution in [0.2, 0.25) is 0 Å². The highest BCUT2D eigenvalue weighted by atomic mass is 16.5. The number of hydrogen-bond donors (Lipinski definition) is 4. The van der Waals surface area contributed by atoms with Gasteiger partial charge in [0, 0.05) is 36.3 Å². The van der Waals surface area contributed by atoms with Crippen LogP contribution in [0.1, 0.15) is 39.1 Å². The smallest absolute Gasteiger partial charge is 0.325 e. The fourth-order valence-corrected chi connectivity index (χ4v) is 3.47. The Hall–Kier alpha value is -3.62. The number of aromatic nitrogens is 4. The summed E-state index contributed by atoms with van der Waals surface area (Å²) in [7, 11) is 1.62. The van der Waals surface area contributed by atoms with Crippen molar-refractivity contribution in [3.05, 3.63) is 79.6 Å². The topological polar surface area (TPSA) is 133 Å². The van der Waals surface area contributed by atoms with Crippen molar-refractivity contribution in [2.24, 2.45) is 0 Å². The number of ether oxygens (including phenoxy) is 1. The first-order chi connectivity index (χ1) is 13.5. The van der Waals surface area contributed by atoms with Crippen LogP contribution in [0.3, 0.4) is 0 Å². The van der Waals surface area contributed by atoms with Gasteiger partial charge in [0.05, 0.1) is 7.11 Å². The zero-order valence-electron chi connectivity index (χ0n) is 15.2. The lowest BCUT2D eigenvalue weighted by Gasteiger charge is -2.17. The van der Waals surface area contributed by atoms with Crippen molar-refractivity contribution in [1.29, 1.82) is 0 Å². The van der Waals surface area contributed by atoms with Crippen LogP contribution in [-0.2, 0) is 12.8 Å². The second kappa shape index (κ2) is 7.18. The van der Waals surface area contributed by atoms with Crippen LogP contribution in [0.4, 0.5) is 0 Å². The van der Waals surface area contributed by atoms with Gasteiger partial charge in [-0.15, -0.1) is 0 Å². The highest BCUT2D eigenvalue weighted by molar-refractivity contribution is 5.94. The molecule has 4 rings (SSSR count). The molecule has 1 amide bonds. The molecule has 1 aliphatic heterocycles. The normalized spacial score (nSPS) is 16.2. The number of rotatable bonds is 4. The van der Waals surface area contributed by atoms with Crippen LogP contribution in [0.15, 0.2) is 40.1 Å². The standard InChI is InChI=1S/C19H19N5O4/c1-28-14-5-3-2-4-12(14)10-6-13-16(18(26)20-8-10)23-15(22-13)7-11-9-21-19(27)24-17(11)25/h2-5,9-10H,6-8H2,1H3,(H,20,26)(H,22,23)(H2,21,24,25,27)/t10-/m1/s1. The van der Waals surface area contributed by atoms with E-state index in [0.29, 0.717) is 35.7 Å². The summed E-state index contributed by atoms with van der Waals surface area (Å²) < 4.78 is 5.46. The second-order valence-corrected chi connectivity index (χ2v) is 6.64. The van der Waals surface area contributed by atoms with Gasteiger partial charge in [0.2, 0.25) is 0 Å². The molecule has 1 aliphatic rings. The average molecular weight is 381 g/mol. The Labute approximate surface area is 159 Å². The molecule has 0 saturated carbocycles. The maximum absolute atomic E-state index is 12.5. The van der Waals surface area contributed by atoms with Crippen LogP contribution in [0.5, 0.6) is 5.75 Å². The maximum Gasteiger partial charge on any atom is 0.325 e. The minimum Gasteiger partial charge on any atom is -0.496 e. The first-order valence-electron chi connectivity index (χ1n) is 8.85. The summed E-state index contributed by atoms with van der Waals surface area (Å²) in [5.41, 5.74) is 1.35. The van der Waals surface area contributed by atoms with Gasteiger partial charge in [-0.2, -0.15) is 0 Å². The lowest BCUT2D eigenvalue weighted by Crippen LogP contribution is -2.27. The van der Waals surface area contributed by atoms with E-state index in [4.69, 9.17) is 4.74 Å². The molecular weight excluding hydrogens is 362 g/mol. The lowest BCUT2D eigenvalue weighted by molar-refractivity contribution is 0.0950. The number of amides is 1. The number of carbonyl (C=O) groups is 1. The van der Waals surface area contributed by atoms with Gasteiger partial charge in [-0.05, 0) is 18.1 Å². The molecule has 144 valence electrons. The molecule has 0 radical (unpaired) electrons. The highest BCUT2D eigenvalue weighted by Crippen LogP contribution is 2.30. The molecule has 9 nitrogen and oxygen atoms in total. The number of carbonyl (C=O) groups excluding carboxylic acids is 1. The summed E-state index contributed by atoms with van der Waals surface area (Å²) in [5.74, 6) is 1.01. The molecule has 1 aromatic carbocycles. The van der Waals surface area contributed by atoms with Crippen molar-refractivity contribution in [2.45, 2.75) is 18.8 Å². The fourth-order valence-electron chi connectivity index (χ4n) is 3.47. The molecule has 3 aromatic rings. The SMILES string of the molecule is COc1ccccc1[C@H]1CNC(=O)c2nc(Cc3c[nH]c(=O)[nH]c3=O)[nH]c2C1. The number of nitrogens with zero attached hydrogens (tertiary/aromatic N) is 1. The largest absolute Gasteiger partial charge is 0.496 e. The number of imidazole rings is 1. The van der Waals surface area contributed by atoms with E-state index in [0.717, 1.165) is 11.3 Å². The van der Waals surface area contributed by atoms with E-state index in [1.807, 2.05) is 24.3 Å². The van der Waals surface area contributed by atoms with Gasteiger partial charge >= 0.3 is 5.69 Å². The Morgan fingerprint density at radius 1 is 1.18 bits per heavy atom. The molecule has 28 heavy (non-hydrogen) atoms. The molecule has 0 unspecified atom stereocenters. The van der Waals surface area contributed by atoms with E-state index in [-0.39, 0.29) is 18.2 Å². The number of benzene rings is 1. The van der Waals surface area contributed by atoms with Crippen molar-refractivity contribution < 1.29 is 9.53 Å². The molecule has 0 saturated heterocycles. The number of aromatic amines is 3. The van der Waals surface area contributed by atoms with Gasteiger partial charge in [0.25, 0.3) is 11.5 Å². The summed E-state index contributed by atoms with van der Waals surface area (Å²) in [6.07, 6.45) is 2.10. The van der Waals surface area contributed by atoms with E-state index in [9.17, 15) is 14.4 Å². The third kappa shape index (κ3) is 3.34. The summed E-state index contributed by atoms with van der Waals surface area (Å²) in [6.45, 7) is 0.471. The van der Waals surface area contributed by atoms with Crippen LogP contribution in [-0.4, -0.2) is 39.5 Å². The van der Waals surface area contributed by atoms with Crippen molar-refractivity contribution in [2.75, 3.05) is 13.7 Å². The Balaban J connectivity index is 1.65. The Morgan fingerprint density at radius 3 is 2.79 bits per heavy atom. The number of para-hydroxylation sites is 1. The molecule has 3 heterocycles. The Kier molecular flexibility index (Phi) is 4.56. The summed E-state index contributed by atoms with van der Waals surface area (Å²) in [6, 6.07) is 7.72. The molecule has 4 N–H and O–H groups in total. The van der Waals surface area contributed by atoms with Crippen molar-refractivity contribution in [1.82, 2.24) is 25.3 Å². The first-order valence-corrected chi connectivity index (χ1v) is 8.85. The molecule has 0 fully saturated rings. The molecule has 9 heteroatoms. The molecular formula is C19H19N5O4. The van der Waals surface area contributed by atoms with Gasteiger partial charge in [-0.1, -0.05) is 18.2 Å². The van der Waals surface area contributed by atoms with Gasteiger partial charge < -0.3 is 20.0 Å². The summed E-state index contributed by atoms with van der Waals surface area (Å²) >= 11 is 0. The third-order valence-corrected chi connectivity index (χ3v) is 4.84. The minimum atomic E-state index is -0.567. The highest BCUT2D eigenvalue weighted by Gasteiger charge is 2.27. The van der Waals surface area contributed by atoms with Crippen LogP contribution in [0.25, 0.3) is 0 Å². The van der Waals surface area contributed by atoms with E-state index in [2.05, 4.69) is 25.3 Å². The van der Waals surface area contributed by atoms with Crippen LogP contribution < -0.4 is 21.3 Å². The van der Waals surface area contributed by atoms with Crippen LogP contribution >= 0.6 is 0 Å². The summed E-state index contributed by atoms with van der Waals surface area (Å²) in [5, 5.41) is 2.90. The molecule has 0 spiro atoms. The zero-order chi connectivity index (χ0) is 19.7. The van der Waals surface area contributed by atoms with Gasteiger partial charge in [0.15, 0.2) is 0 Å². The Morgan fingerprint density at radius 2 is 2.00 bits per heavy atom. The van der Waals surface area contributed by atoms with Crippen molar-refractivity contribution in [3.63, 3.8) is 0 Å². The van der Waals surface area contributed by atoms with Gasteiger partial charge in [0.1, 0.15) is 17.3 Å². The number of hydrogen-bond acceptors (Lipinski definition) is 5. The molecule has 1 atom stereocenters. The molecule has 2 aromatic heterocycles. The van der Waals surface area contributed by atoms with Gasteiger partial charge in [-0.3, -0.25) is 14.6 Å². The Bertz CT molecular complexity index is 1140. The van der Waals surface area contributed by atoms with Crippen molar-refractivity contribution in [3.8, 4) is 5.75 Å². The second-order valence-electron chi connectivity index (χ2n) is 6.64. The van der Waals surface area contributed by atoms with E-state index >= 15 is 0 Å². The quantitative estimate of drug-likeness (QED) is 0.521. The predicted octanol–water partition coefficient (Wildman–Crippen LogP) is 0.455. The van der Waals surface area contributed by atoms with E-state index in [1.165, 1.54) is 6.20 Å². The minimum absolute atomic E-state index is 0.0196. The summed E-state index contributed by atoms with van der Waals surface area (Å²) in [4.78, 5) is 47.7. The average Bonchev–Trinajstić information content (AvgIpc) is 3.02. The number of nitrogens with one attached hydrogen (secondary N) is 4. The molecule has 0 aliphatic carbocycles. The molecule has 0 bridgehead atoms. The maximum atomic E-state index is 12.5. The number of fused-ring (bicyclic) bond motifs is 1. The van der Waals surface area contributed by atoms with E-state index < -0.39 is 11.2 Å². The lowest BCUT2D eigenvalue weighted by atomic mass is 9.93. The van der Waals surface area contributed by atoms with Crippen molar-refractivity contribution >= 4 is 5.91 Å². The van der Waals surface area contributed by atoms with Crippen LogP contribution in [0, 0.1) is 0 Å². The predicted molar refractivity (Wildman–Crippen MR) is 101 cm³/mol. The number of methoxy groups -OCH3 is 1.